The van der Waals surface area contributed by atoms with Gasteiger partial charge in [-0.1, -0.05) is 0 Å². The second-order valence-electron chi connectivity index (χ2n) is 5.15. The minimum absolute atomic E-state index is 0.0141. The topological polar surface area (TPSA) is 74.8 Å². The summed E-state index contributed by atoms with van der Waals surface area (Å²) >= 11 is 0. The van der Waals surface area contributed by atoms with E-state index in [1.807, 2.05) is 25.1 Å². The Balaban J connectivity index is 1.81. The molecule has 0 spiro atoms. The minimum Gasteiger partial charge on any atom is -0.381 e. The van der Waals surface area contributed by atoms with E-state index in [1.54, 1.807) is 0 Å². The number of nitrogens with one attached hydrogen (secondary N) is 2. The van der Waals surface area contributed by atoms with Crippen LogP contribution in [-0.4, -0.2) is 35.9 Å². The molecule has 1 fully saturated rings. The number of hydrogen-bond acceptors (Lipinski definition) is 4. The van der Waals surface area contributed by atoms with Crippen LogP contribution < -0.4 is 5.32 Å². The number of H-pyrrole nitrogens is 1. The number of hydrogen-bond donors (Lipinski definition) is 2. The van der Waals surface area contributed by atoms with Gasteiger partial charge in [-0.25, -0.2) is 13.4 Å². The molecule has 2 heterocycles. The standard InChI is InChI=1S/C13H17N3O2S/c1-9-14-12-5-4-10(7-13(12)15-9)16-11-3-2-6-19(17,18)8-11/h4-5,7,11,16H,2-3,6,8H2,1H3,(H,14,15). The Kier molecular flexibility index (Phi) is 2.97. The summed E-state index contributed by atoms with van der Waals surface area (Å²) in [5, 5.41) is 3.31. The Morgan fingerprint density at radius 3 is 3.05 bits per heavy atom. The number of nitrogens with zero attached hydrogens (tertiary/aromatic N) is 1. The summed E-state index contributed by atoms with van der Waals surface area (Å²) in [7, 11) is -2.87. The lowest BCUT2D eigenvalue weighted by molar-refractivity contribution is 0.562. The van der Waals surface area contributed by atoms with Gasteiger partial charge in [0.25, 0.3) is 0 Å². The van der Waals surface area contributed by atoms with Crippen molar-refractivity contribution in [2.24, 2.45) is 0 Å². The molecule has 1 aromatic carbocycles. The molecule has 1 aliphatic heterocycles. The second kappa shape index (κ2) is 4.52. The monoisotopic (exact) mass is 279 g/mol. The molecule has 19 heavy (non-hydrogen) atoms. The quantitative estimate of drug-likeness (QED) is 0.880. The fourth-order valence-electron chi connectivity index (χ4n) is 2.60. The number of rotatable bonds is 2. The van der Waals surface area contributed by atoms with Crippen LogP contribution in [0.2, 0.25) is 0 Å². The minimum atomic E-state index is -2.87. The molecule has 6 heteroatoms. The fraction of sp³-hybridized carbons (Fsp3) is 0.462. The first-order chi connectivity index (χ1) is 9.02. The van der Waals surface area contributed by atoms with Crippen molar-refractivity contribution in [2.75, 3.05) is 16.8 Å². The van der Waals surface area contributed by atoms with E-state index in [9.17, 15) is 8.42 Å². The molecule has 0 aliphatic carbocycles. The SMILES string of the molecule is Cc1nc2ccc(NC3CCCS(=O)(=O)C3)cc2[nH]1. The maximum Gasteiger partial charge on any atom is 0.152 e. The predicted octanol–water partition coefficient (Wildman–Crippen LogP) is 1.86. The van der Waals surface area contributed by atoms with E-state index >= 15 is 0 Å². The van der Waals surface area contributed by atoms with Gasteiger partial charge in [-0.3, -0.25) is 0 Å². The van der Waals surface area contributed by atoms with Crippen LogP contribution in [0.1, 0.15) is 18.7 Å². The van der Waals surface area contributed by atoms with Crippen LogP contribution in [0, 0.1) is 6.92 Å². The van der Waals surface area contributed by atoms with Crippen LogP contribution >= 0.6 is 0 Å². The molecule has 1 aromatic heterocycles. The van der Waals surface area contributed by atoms with Crippen LogP contribution in [0.5, 0.6) is 0 Å². The van der Waals surface area contributed by atoms with Gasteiger partial charge >= 0.3 is 0 Å². The zero-order valence-electron chi connectivity index (χ0n) is 10.8. The molecule has 1 unspecified atom stereocenters. The average molecular weight is 279 g/mol. The summed E-state index contributed by atoms with van der Waals surface area (Å²) in [4.78, 5) is 7.53. The number of aromatic amines is 1. The Labute approximate surface area is 112 Å². The van der Waals surface area contributed by atoms with E-state index in [2.05, 4.69) is 15.3 Å². The van der Waals surface area contributed by atoms with Gasteiger partial charge in [0, 0.05) is 11.7 Å². The normalized spacial score (nSPS) is 22.5. The van der Waals surface area contributed by atoms with E-state index < -0.39 is 9.84 Å². The van der Waals surface area contributed by atoms with Crippen LogP contribution in [0.4, 0.5) is 5.69 Å². The Morgan fingerprint density at radius 1 is 1.42 bits per heavy atom. The van der Waals surface area contributed by atoms with Crippen molar-refractivity contribution < 1.29 is 8.42 Å². The maximum atomic E-state index is 11.6. The predicted molar refractivity (Wildman–Crippen MR) is 76.1 cm³/mol. The van der Waals surface area contributed by atoms with Gasteiger partial charge in [0.2, 0.25) is 0 Å². The smallest absolute Gasteiger partial charge is 0.152 e. The zero-order valence-corrected chi connectivity index (χ0v) is 11.6. The Bertz CT molecular complexity index is 706. The third kappa shape index (κ3) is 2.73. The Morgan fingerprint density at radius 2 is 2.26 bits per heavy atom. The van der Waals surface area contributed by atoms with Crippen molar-refractivity contribution in [1.82, 2.24) is 9.97 Å². The van der Waals surface area contributed by atoms with Crippen molar-refractivity contribution in [3.8, 4) is 0 Å². The van der Waals surface area contributed by atoms with Crippen molar-refractivity contribution in [2.45, 2.75) is 25.8 Å². The summed E-state index contributed by atoms with van der Waals surface area (Å²) in [5.41, 5.74) is 2.85. The molecule has 0 amide bonds. The van der Waals surface area contributed by atoms with E-state index in [1.165, 1.54) is 0 Å². The highest BCUT2D eigenvalue weighted by Crippen LogP contribution is 2.21. The molecule has 1 aliphatic rings. The van der Waals surface area contributed by atoms with Crippen molar-refractivity contribution >= 4 is 26.6 Å². The number of aromatic nitrogens is 2. The highest BCUT2D eigenvalue weighted by molar-refractivity contribution is 7.91. The number of benzene rings is 1. The van der Waals surface area contributed by atoms with Crippen LogP contribution in [0.3, 0.4) is 0 Å². The van der Waals surface area contributed by atoms with Gasteiger partial charge in [0.15, 0.2) is 9.84 Å². The molecule has 0 bridgehead atoms. The summed E-state index contributed by atoms with van der Waals surface area (Å²) in [6.45, 7) is 1.92. The molecule has 1 saturated heterocycles. The number of imidazole rings is 1. The first-order valence-electron chi connectivity index (χ1n) is 6.45. The number of aryl methyl sites for hydroxylation is 1. The van der Waals surface area contributed by atoms with Crippen molar-refractivity contribution in [3.63, 3.8) is 0 Å². The first-order valence-corrected chi connectivity index (χ1v) is 8.27. The molecule has 102 valence electrons. The van der Waals surface area contributed by atoms with E-state index in [0.717, 1.165) is 35.4 Å². The molecule has 5 nitrogen and oxygen atoms in total. The van der Waals surface area contributed by atoms with Gasteiger partial charge in [0.05, 0.1) is 22.5 Å². The molecular weight excluding hydrogens is 262 g/mol. The first kappa shape index (κ1) is 12.5. The number of fused-ring (bicyclic) bond motifs is 1. The fourth-order valence-corrected chi connectivity index (χ4v) is 4.24. The lowest BCUT2D eigenvalue weighted by Crippen LogP contribution is -2.34. The summed E-state index contributed by atoms with van der Waals surface area (Å²) in [6.07, 6.45) is 1.64. The zero-order chi connectivity index (χ0) is 13.5. The highest BCUT2D eigenvalue weighted by atomic mass is 32.2. The van der Waals surface area contributed by atoms with Crippen molar-refractivity contribution in [1.29, 1.82) is 0 Å². The number of anilines is 1. The molecule has 3 rings (SSSR count). The lowest BCUT2D eigenvalue weighted by Gasteiger charge is -2.23. The molecular formula is C13H17N3O2S. The third-order valence-corrected chi connectivity index (χ3v) is 5.26. The van der Waals surface area contributed by atoms with E-state index in [-0.39, 0.29) is 11.8 Å². The second-order valence-corrected chi connectivity index (χ2v) is 7.38. The van der Waals surface area contributed by atoms with Crippen LogP contribution in [0.15, 0.2) is 18.2 Å². The largest absolute Gasteiger partial charge is 0.381 e. The van der Waals surface area contributed by atoms with E-state index in [4.69, 9.17) is 0 Å². The molecule has 0 radical (unpaired) electrons. The summed E-state index contributed by atoms with van der Waals surface area (Å²) < 4.78 is 23.2. The highest BCUT2D eigenvalue weighted by Gasteiger charge is 2.24. The summed E-state index contributed by atoms with van der Waals surface area (Å²) in [6, 6.07) is 5.89. The molecule has 0 saturated carbocycles. The Hall–Kier alpha value is -1.56. The number of sulfone groups is 1. The van der Waals surface area contributed by atoms with Gasteiger partial charge in [-0.05, 0) is 38.0 Å². The summed E-state index contributed by atoms with van der Waals surface area (Å²) in [5.74, 6) is 1.43. The molecule has 2 N–H and O–H groups in total. The van der Waals surface area contributed by atoms with Gasteiger partial charge < -0.3 is 10.3 Å². The average Bonchev–Trinajstić information content (AvgIpc) is 2.67. The van der Waals surface area contributed by atoms with E-state index in [0.29, 0.717) is 5.75 Å². The van der Waals surface area contributed by atoms with Crippen molar-refractivity contribution in [3.05, 3.63) is 24.0 Å². The van der Waals surface area contributed by atoms with Crippen LogP contribution in [0.25, 0.3) is 11.0 Å². The maximum absolute atomic E-state index is 11.6. The van der Waals surface area contributed by atoms with Gasteiger partial charge in [-0.15, -0.1) is 0 Å². The van der Waals surface area contributed by atoms with Gasteiger partial charge in [-0.2, -0.15) is 0 Å². The molecule has 1 atom stereocenters. The third-order valence-electron chi connectivity index (χ3n) is 3.43. The van der Waals surface area contributed by atoms with Gasteiger partial charge in [0.1, 0.15) is 5.82 Å². The van der Waals surface area contributed by atoms with Crippen LogP contribution in [-0.2, 0) is 9.84 Å². The lowest BCUT2D eigenvalue weighted by atomic mass is 10.1. The molecule has 2 aromatic rings.